The Morgan fingerprint density at radius 1 is 1.38 bits per heavy atom. The minimum absolute atomic E-state index is 0.241. The lowest BCUT2D eigenvalue weighted by Crippen LogP contribution is -1.82. The predicted molar refractivity (Wildman–Crippen MR) is 52.4 cm³/mol. The first kappa shape index (κ1) is 9.52. The van der Waals surface area contributed by atoms with Crippen LogP contribution in [0.25, 0.3) is 5.57 Å². The van der Waals surface area contributed by atoms with Gasteiger partial charge in [0.1, 0.15) is 12.0 Å². The van der Waals surface area contributed by atoms with Crippen LogP contribution in [-0.2, 0) is 4.79 Å². The minimum atomic E-state index is 0.241. The lowest BCUT2D eigenvalue weighted by molar-refractivity contribution is -0.104. The number of hydrogen-bond acceptors (Lipinski definition) is 2. The number of hydrogen-bond donors (Lipinski definition) is 1. The number of aldehydes is 1. The molecule has 0 aromatic heterocycles. The summed E-state index contributed by atoms with van der Waals surface area (Å²) in [5, 5.41) is 9.05. The first-order chi connectivity index (χ1) is 6.27. The number of allylic oxidation sites excluding steroid dienone is 2. The second kappa shape index (κ2) is 4.45. The van der Waals surface area contributed by atoms with Gasteiger partial charge in [0, 0.05) is 0 Å². The molecule has 0 spiro atoms. The monoisotopic (exact) mass is 176 g/mol. The summed E-state index contributed by atoms with van der Waals surface area (Å²) < 4.78 is 0. The molecular formula is C11H12O2. The molecule has 0 aliphatic rings. The average molecular weight is 176 g/mol. The van der Waals surface area contributed by atoms with Crippen LogP contribution in [0.3, 0.4) is 0 Å². The molecule has 1 aromatic carbocycles. The highest BCUT2D eigenvalue weighted by Gasteiger charge is 1.97. The summed E-state index contributed by atoms with van der Waals surface area (Å²) in [5.74, 6) is 0.241. The first-order valence-electron chi connectivity index (χ1n) is 4.21. The molecular weight excluding hydrogens is 164 g/mol. The van der Waals surface area contributed by atoms with Crippen LogP contribution in [0.5, 0.6) is 5.75 Å². The van der Waals surface area contributed by atoms with Gasteiger partial charge < -0.3 is 5.11 Å². The Hall–Kier alpha value is -1.57. The fourth-order valence-corrected chi connectivity index (χ4v) is 1.18. The third-order valence-electron chi connectivity index (χ3n) is 1.89. The number of aromatic hydroxyl groups is 1. The average Bonchev–Trinajstić information content (AvgIpc) is 2.16. The zero-order valence-corrected chi connectivity index (χ0v) is 7.53. The fourth-order valence-electron chi connectivity index (χ4n) is 1.18. The van der Waals surface area contributed by atoms with Crippen molar-refractivity contribution >= 4 is 11.9 Å². The topological polar surface area (TPSA) is 37.3 Å². The van der Waals surface area contributed by atoms with Crippen molar-refractivity contribution in [3.8, 4) is 5.75 Å². The summed E-state index contributed by atoms with van der Waals surface area (Å²) in [6.45, 7) is 1.99. The molecule has 0 heterocycles. The number of rotatable bonds is 3. The van der Waals surface area contributed by atoms with Gasteiger partial charge in [0.2, 0.25) is 0 Å². The molecule has 0 atom stereocenters. The van der Waals surface area contributed by atoms with Gasteiger partial charge in [-0.2, -0.15) is 0 Å². The zero-order valence-electron chi connectivity index (χ0n) is 7.53. The highest BCUT2D eigenvalue weighted by molar-refractivity contribution is 5.81. The van der Waals surface area contributed by atoms with E-state index < -0.39 is 0 Å². The molecule has 0 saturated carbocycles. The molecule has 1 rings (SSSR count). The molecule has 2 nitrogen and oxygen atoms in total. The van der Waals surface area contributed by atoms with Gasteiger partial charge in [0.25, 0.3) is 0 Å². The molecule has 0 aliphatic heterocycles. The maximum absolute atomic E-state index is 10.3. The second-order valence-electron chi connectivity index (χ2n) is 2.73. The van der Waals surface area contributed by atoms with Crippen molar-refractivity contribution < 1.29 is 9.90 Å². The van der Waals surface area contributed by atoms with E-state index in [1.807, 2.05) is 6.92 Å². The highest BCUT2D eigenvalue weighted by atomic mass is 16.3. The molecule has 0 saturated heterocycles. The van der Waals surface area contributed by atoms with E-state index >= 15 is 0 Å². The zero-order chi connectivity index (χ0) is 9.68. The molecule has 0 fully saturated rings. The van der Waals surface area contributed by atoms with Gasteiger partial charge in [-0.1, -0.05) is 19.1 Å². The molecule has 1 aromatic rings. The number of benzene rings is 1. The van der Waals surface area contributed by atoms with Gasteiger partial charge in [0.05, 0.1) is 0 Å². The van der Waals surface area contributed by atoms with E-state index in [-0.39, 0.29) is 5.75 Å². The van der Waals surface area contributed by atoms with E-state index in [1.54, 1.807) is 30.3 Å². The Morgan fingerprint density at radius 2 is 2.00 bits per heavy atom. The maximum Gasteiger partial charge on any atom is 0.143 e. The molecule has 0 amide bonds. The Morgan fingerprint density at radius 3 is 2.46 bits per heavy atom. The van der Waals surface area contributed by atoms with Crippen LogP contribution < -0.4 is 0 Å². The third kappa shape index (κ3) is 2.44. The molecule has 0 radical (unpaired) electrons. The first-order valence-corrected chi connectivity index (χ1v) is 4.21. The van der Waals surface area contributed by atoms with Crippen molar-refractivity contribution in [2.24, 2.45) is 0 Å². The van der Waals surface area contributed by atoms with Crippen LogP contribution in [0.1, 0.15) is 18.9 Å². The van der Waals surface area contributed by atoms with E-state index in [0.29, 0.717) is 0 Å². The van der Waals surface area contributed by atoms with E-state index in [2.05, 4.69) is 0 Å². The van der Waals surface area contributed by atoms with Crippen molar-refractivity contribution in [3.63, 3.8) is 0 Å². The van der Waals surface area contributed by atoms with Crippen molar-refractivity contribution in [2.75, 3.05) is 0 Å². The number of carbonyl (C=O) groups is 1. The van der Waals surface area contributed by atoms with Crippen molar-refractivity contribution in [2.45, 2.75) is 13.3 Å². The van der Waals surface area contributed by atoms with E-state index in [4.69, 9.17) is 5.11 Å². The summed E-state index contributed by atoms with van der Waals surface area (Å²) in [4.78, 5) is 10.3. The van der Waals surface area contributed by atoms with Crippen LogP contribution >= 0.6 is 0 Å². The number of phenolic OH excluding ortho intramolecular Hbond substituents is 1. The summed E-state index contributed by atoms with van der Waals surface area (Å²) in [6, 6.07) is 6.83. The van der Waals surface area contributed by atoms with Gasteiger partial charge in [-0.05, 0) is 35.8 Å². The maximum atomic E-state index is 10.3. The quantitative estimate of drug-likeness (QED) is 0.567. The Labute approximate surface area is 77.5 Å². The molecule has 68 valence electrons. The molecule has 1 N–H and O–H groups in total. The lowest BCUT2D eigenvalue weighted by Gasteiger charge is -2.02. The second-order valence-corrected chi connectivity index (χ2v) is 2.73. The van der Waals surface area contributed by atoms with Gasteiger partial charge in [-0.25, -0.2) is 0 Å². The minimum Gasteiger partial charge on any atom is -0.508 e. The van der Waals surface area contributed by atoms with Crippen LogP contribution in [0.2, 0.25) is 0 Å². The third-order valence-corrected chi connectivity index (χ3v) is 1.89. The molecule has 0 bridgehead atoms. The predicted octanol–water partition coefficient (Wildman–Crippen LogP) is 2.38. The van der Waals surface area contributed by atoms with Crippen molar-refractivity contribution in [1.82, 2.24) is 0 Å². The van der Waals surface area contributed by atoms with Gasteiger partial charge in [-0.3, -0.25) is 4.79 Å². The normalized spacial score (nSPS) is 11.3. The van der Waals surface area contributed by atoms with E-state index in [0.717, 1.165) is 23.8 Å². The summed E-state index contributed by atoms with van der Waals surface area (Å²) in [7, 11) is 0. The van der Waals surface area contributed by atoms with Gasteiger partial charge >= 0.3 is 0 Å². The number of phenols is 1. The van der Waals surface area contributed by atoms with Crippen LogP contribution in [0.15, 0.2) is 30.3 Å². The Kier molecular flexibility index (Phi) is 3.26. The smallest absolute Gasteiger partial charge is 0.143 e. The molecule has 0 aliphatic carbocycles. The van der Waals surface area contributed by atoms with Crippen LogP contribution in [0, 0.1) is 0 Å². The van der Waals surface area contributed by atoms with Crippen molar-refractivity contribution in [1.29, 1.82) is 0 Å². The van der Waals surface area contributed by atoms with Crippen molar-refractivity contribution in [3.05, 3.63) is 35.9 Å². The molecule has 0 unspecified atom stereocenters. The summed E-state index contributed by atoms with van der Waals surface area (Å²) in [6.07, 6.45) is 3.14. The van der Waals surface area contributed by atoms with Gasteiger partial charge in [-0.15, -0.1) is 0 Å². The number of carbonyl (C=O) groups excluding carboxylic acids is 1. The summed E-state index contributed by atoms with van der Waals surface area (Å²) >= 11 is 0. The van der Waals surface area contributed by atoms with Crippen LogP contribution in [-0.4, -0.2) is 11.4 Å². The largest absolute Gasteiger partial charge is 0.508 e. The molecule has 13 heavy (non-hydrogen) atoms. The van der Waals surface area contributed by atoms with Crippen LogP contribution in [0.4, 0.5) is 0 Å². The van der Waals surface area contributed by atoms with E-state index in [9.17, 15) is 4.79 Å². The Balaban J connectivity index is 2.99. The highest BCUT2D eigenvalue weighted by Crippen LogP contribution is 2.19. The van der Waals surface area contributed by atoms with Gasteiger partial charge in [0.15, 0.2) is 0 Å². The fraction of sp³-hybridized carbons (Fsp3) is 0.182. The van der Waals surface area contributed by atoms with E-state index in [1.165, 1.54) is 0 Å². The summed E-state index contributed by atoms with van der Waals surface area (Å²) in [5.41, 5.74) is 1.96. The Bertz CT molecular complexity index is 309. The standard InChI is InChI=1S/C11H12O2/c1-2-9(7-8-12)10-3-5-11(13)6-4-10/h3-8,13H,2H2,1H3/b9-7-. The SMILES string of the molecule is CC/C(=C/C=O)c1ccc(O)cc1. The molecule has 2 heteroatoms. The lowest BCUT2D eigenvalue weighted by atomic mass is 10.0.